The van der Waals surface area contributed by atoms with Crippen molar-refractivity contribution in [2.75, 3.05) is 12.5 Å². The van der Waals surface area contributed by atoms with Gasteiger partial charge in [-0.25, -0.2) is 4.79 Å². The van der Waals surface area contributed by atoms with Crippen LogP contribution in [0.25, 0.3) is 0 Å². The van der Waals surface area contributed by atoms with E-state index in [1.165, 1.54) is 20.0 Å². The standard InChI is InChI=1S/C15H18Cl2N2O7/c1-7(20)24-6-12-11(25-8(2)21)3-13(26-12)19-5-9(10(17)4-16)14(22)18-15(19)23/h5,10-13H,3-4,6H2,1-2H3,(H,18,22,23)/t10?,11-,12+,13+/m0/s1. The first-order valence-corrected chi connectivity index (χ1v) is 8.71. The number of rotatable bonds is 6. The highest BCUT2D eigenvalue weighted by Gasteiger charge is 2.39. The van der Waals surface area contributed by atoms with E-state index in [1.54, 1.807) is 0 Å². The molecule has 1 aliphatic rings. The normalized spacial score (nSPS) is 23.5. The summed E-state index contributed by atoms with van der Waals surface area (Å²) in [6.07, 6.45) is -0.925. The van der Waals surface area contributed by atoms with Crippen molar-refractivity contribution in [1.29, 1.82) is 0 Å². The lowest BCUT2D eigenvalue weighted by Gasteiger charge is -2.18. The van der Waals surface area contributed by atoms with E-state index in [2.05, 4.69) is 4.98 Å². The third kappa shape index (κ3) is 4.87. The Labute approximate surface area is 158 Å². The van der Waals surface area contributed by atoms with Crippen molar-refractivity contribution >= 4 is 35.1 Å². The second kappa shape index (κ2) is 8.70. The summed E-state index contributed by atoms with van der Waals surface area (Å²) in [5.41, 5.74) is -1.24. The van der Waals surface area contributed by atoms with Crippen LogP contribution in [0.3, 0.4) is 0 Å². The van der Waals surface area contributed by atoms with Crippen molar-refractivity contribution in [2.45, 2.75) is 44.1 Å². The minimum absolute atomic E-state index is 0.0283. The van der Waals surface area contributed by atoms with Gasteiger partial charge in [0.25, 0.3) is 5.56 Å². The molecule has 1 N–H and O–H groups in total. The average Bonchev–Trinajstić information content (AvgIpc) is 2.94. The molecule has 11 heteroatoms. The van der Waals surface area contributed by atoms with Gasteiger partial charge in [0, 0.05) is 32.3 Å². The smallest absolute Gasteiger partial charge is 0.330 e. The highest BCUT2D eigenvalue weighted by Crippen LogP contribution is 2.31. The van der Waals surface area contributed by atoms with Gasteiger partial charge in [-0.15, -0.1) is 23.2 Å². The lowest BCUT2D eigenvalue weighted by Crippen LogP contribution is -2.35. The molecule has 9 nitrogen and oxygen atoms in total. The van der Waals surface area contributed by atoms with Gasteiger partial charge in [0.15, 0.2) is 0 Å². The summed E-state index contributed by atoms with van der Waals surface area (Å²) < 4.78 is 16.9. The van der Waals surface area contributed by atoms with Gasteiger partial charge in [-0.05, 0) is 0 Å². The number of alkyl halides is 2. The molecule has 0 amide bonds. The van der Waals surface area contributed by atoms with Crippen molar-refractivity contribution in [3.05, 3.63) is 32.6 Å². The quantitative estimate of drug-likeness (QED) is 0.547. The Morgan fingerprint density at radius 1 is 1.38 bits per heavy atom. The molecule has 1 unspecified atom stereocenters. The molecule has 144 valence electrons. The molecule has 1 aromatic rings. The SMILES string of the molecule is CC(=O)OC[C@H]1O[C@@H](n2cc(C(Cl)CCl)c(=O)[nH]c2=O)C[C@@H]1OC(C)=O. The van der Waals surface area contributed by atoms with Crippen LogP contribution in [0.15, 0.2) is 15.8 Å². The number of hydrogen-bond acceptors (Lipinski definition) is 7. The first-order valence-electron chi connectivity index (χ1n) is 7.74. The van der Waals surface area contributed by atoms with Gasteiger partial charge < -0.3 is 14.2 Å². The van der Waals surface area contributed by atoms with E-state index in [1.807, 2.05) is 0 Å². The molecule has 1 aromatic heterocycles. The van der Waals surface area contributed by atoms with Gasteiger partial charge in [-0.3, -0.25) is 23.9 Å². The Morgan fingerprint density at radius 2 is 2.08 bits per heavy atom. The number of esters is 2. The van der Waals surface area contributed by atoms with Crippen LogP contribution in [-0.4, -0.2) is 46.2 Å². The third-order valence-corrected chi connectivity index (χ3v) is 4.58. The first-order chi connectivity index (χ1) is 12.2. The lowest BCUT2D eigenvalue weighted by atomic mass is 10.2. The second-order valence-corrected chi connectivity index (χ2v) is 6.52. The number of carbonyl (C=O) groups is 2. The number of carbonyl (C=O) groups excluding carboxylic acids is 2. The first kappa shape index (κ1) is 20.5. The van der Waals surface area contributed by atoms with Gasteiger partial charge in [0.05, 0.1) is 10.9 Å². The predicted molar refractivity (Wildman–Crippen MR) is 91.4 cm³/mol. The maximum atomic E-state index is 12.2. The fourth-order valence-corrected chi connectivity index (χ4v) is 2.90. The molecule has 0 bridgehead atoms. The summed E-state index contributed by atoms with van der Waals surface area (Å²) in [6.45, 7) is 2.33. The summed E-state index contributed by atoms with van der Waals surface area (Å²) in [5, 5.41) is -0.797. The van der Waals surface area contributed by atoms with E-state index in [-0.39, 0.29) is 24.5 Å². The van der Waals surface area contributed by atoms with E-state index in [9.17, 15) is 19.2 Å². The molecule has 1 fully saturated rings. The third-order valence-electron chi connectivity index (χ3n) is 3.73. The number of nitrogens with one attached hydrogen (secondary N) is 1. The molecular weight excluding hydrogens is 391 g/mol. The number of aromatic amines is 1. The van der Waals surface area contributed by atoms with Crippen LogP contribution >= 0.6 is 23.2 Å². The Hall–Kier alpha value is -1.84. The fourth-order valence-electron chi connectivity index (χ4n) is 2.58. The van der Waals surface area contributed by atoms with Crippen LogP contribution in [0.4, 0.5) is 0 Å². The second-order valence-electron chi connectivity index (χ2n) is 5.69. The average molecular weight is 409 g/mol. The molecule has 2 rings (SSSR count). The predicted octanol–water partition coefficient (Wildman–Crippen LogP) is 0.838. The van der Waals surface area contributed by atoms with Gasteiger partial charge in [-0.1, -0.05) is 0 Å². The minimum atomic E-state index is -0.845. The molecule has 0 aliphatic carbocycles. The Balaban J connectivity index is 2.30. The number of H-pyrrole nitrogens is 1. The highest BCUT2D eigenvalue weighted by atomic mass is 35.5. The van der Waals surface area contributed by atoms with Crippen LogP contribution < -0.4 is 11.2 Å². The number of halogens is 2. The molecular formula is C15H18Cl2N2O7. The van der Waals surface area contributed by atoms with Crippen molar-refractivity contribution in [3.63, 3.8) is 0 Å². The van der Waals surface area contributed by atoms with Crippen molar-refractivity contribution in [1.82, 2.24) is 9.55 Å². The van der Waals surface area contributed by atoms with Crippen LogP contribution in [0.5, 0.6) is 0 Å². The maximum absolute atomic E-state index is 12.2. The topological polar surface area (TPSA) is 117 Å². The van der Waals surface area contributed by atoms with Crippen molar-refractivity contribution in [3.8, 4) is 0 Å². The molecule has 0 radical (unpaired) electrons. The molecule has 1 aliphatic heterocycles. The van der Waals surface area contributed by atoms with Crippen LogP contribution in [0.1, 0.15) is 37.4 Å². The van der Waals surface area contributed by atoms with Crippen molar-refractivity contribution in [2.24, 2.45) is 0 Å². The zero-order valence-electron chi connectivity index (χ0n) is 14.1. The number of nitrogens with zero attached hydrogens (tertiary/aromatic N) is 1. The van der Waals surface area contributed by atoms with Crippen molar-refractivity contribution < 1.29 is 23.8 Å². The van der Waals surface area contributed by atoms with Gasteiger partial charge >= 0.3 is 17.6 Å². The molecule has 1 saturated heterocycles. The summed E-state index contributed by atoms with van der Waals surface area (Å²) >= 11 is 11.7. The lowest BCUT2D eigenvalue weighted by molar-refractivity contribution is -0.155. The van der Waals surface area contributed by atoms with E-state index in [4.69, 9.17) is 37.4 Å². The number of hydrogen-bond donors (Lipinski definition) is 1. The molecule has 0 aromatic carbocycles. The fraction of sp³-hybridized carbons (Fsp3) is 0.600. The molecule has 0 saturated carbocycles. The Bertz CT molecular complexity index is 791. The van der Waals surface area contributed by atoms with Gasteiger partial charge in [0.1, 0.15) is 25.0 Å². The summed E-state index contributed by atoms with van der Waals surface area (Å²) in [6, 6.07) is 0. The van der Waals surface area contributed by atoms with Crippen LogP contribution in [0.2, 0.25) is 0 Å². The van der Waals surface area contributed by atoms with E-state index < -0.39 is 47.0 Å². The zero-order chi connectivity index (χ0) is 19.4. The largest absolute Gasteiger partial charge is 0.463 e. The summed E-state index contributed by atoms with van der Waals surface area (Å²) in [5.74, 6) is -1.08. The maximum Gasteiger partial charge on any atom is 0.330 e. The molecule has 2 heterocycles. The van der Waals surface area contributed by atoms with Gasteiger partial charge in [-0.2, -0.15) is 0 Å². The molecule has 4 atom stereocenters. The highest BCUT2D eigenvalue weighted by molar-refractivity contribution is 6.28. The van der Waals surface area contributed by atoms with Crippen LogP contribution in [0, 0.1) is 0 Å². The minimum Gasteiger partial charge on any atom is -0.463 e. The number of aromatic nitrogens is 2. The van der Waals surface area contributed by atoms with E-state index in [0.717, 1.165) is 4.57 Å². The van der Waals surface area contributed by atoms with Crippen LogP contribution in [-0.2, 0) is 23.8 Å². The zero-order valence-corrected chi connectivity index (χ0v) is 15.6. The summed E-state index contributed by atoms with van der Waals surface area (Å²) in [4.78, 5) is 48.5. The monoisotopic (exact) mass is 408 g/mol. The van der Waals surface area contributed by atoms with E-state index in [0.29, 0.717) is 0 Å². The van der Waals surface area contributed by atoms with E-state index >= 15 is 0 Å². The summed E-state index contributed by atoms with van der Waals surface area (Å²) in [7, 11) is 0. The molecule has 26 heavy (non-hydrogen) atoms. The Morgan fingerprint density at radius 3 is 2.65 bits per heavy atom. The van der Waals surface area contributed by atoms with Gasteiger partial charge in [0.2, 0.25) is 0 Å². The molecule has 0 spiro atoms. The Kier molecular flexibility index (Phi) is 6.85. The number of ether oxygens (including phenoxy) is 3.